The molecular weight excluding hydrogens is 564 g/mol. The minimum atomic E-state index is -4.03. The van der Waals surface area contributed by atoms with E-state index in [0.29, 0.717) is 44.0 Å². The number of hydrogen-bond donors (Lipinski definition) is 1. The van der Waals surface area contributed by atoms with Gasteiger partial charge in [0.05, 0.1) is 19.3 Å². The highest BCUT2D eigenvalue weighted by Gasteiger charge is 2.31. The molecule has 1 fully saturated rings. The van der Waals surface area contributed by atoms with Crippen molar-refractivity contribution in [2.45, 2.75) is 57.4 Å². The molecule has 228 valence electrons. The molecule has 4 bridgehead atoms. The van der Waals surface area contributed by atoms with Crippen LogP contribution >= 0.6 is 0 Å². The molecule has 1 amide bonds. The zero-order chi connectivity index (χ0) is 30.3. The molecule has 6 rings (SSSR count). The zero-order valence-electron chi connectivity index (χ0n) is 25.2. The van der Waals surface area contributed by atoms with E-state index in [-0.39, 0.29) is 17.9 Å². The van der Waals surface area contributed by atoms with Crippen LogP contribution in [-0.2, 0) is 21.5 Å². The molecule has 2 aliphatic heterocycles. The van der Waals surface area contributed by atoms with E-state index in [4.69, 9.17) is 4.74 Å². The molecule has 0 atom stereocenters. The van der Waals surface area contributed by atoms with E-state index in [9.17, 15) is 18.0 Å². The quantitative estimate of drug-likeness (QED) is 0.444. The fourth-order valence-corrected chi connectivity index (χ4v) is 7.65. The second-order valence-electron chi connectivity index (χ2n) is 12.1. The second-order valence-corrected chi connectivity index (χ2v) is 13.9. The summed E-state index contributed by atoms with van der Waals surface area (Å²) in [6.45, 7) is 1.71. The maximum atomic E-state index is 13.8. The summed E-state index contributed by atoms with van der Waals surface area (Å²) >= 11 is 0. The van der Waals surface area contributed by atoms with Gasteiger partial charge in [0.2, 0.25) is 0 Å². The number of nitrogens with one attached hydrogen (secondary N) is 1. The molecule has 3 aromatic rings. The topological polar surface area (TPSA) is 101 Å². The first-order valence-electron chi connectivity index (χ1n) is 15.2. The molecule has 0 unspecified atom stereocenters. The Kier molecular flexibility index (Phi) is 8.19. The average molecular weight is 605 g/mol. The fourth-order valence-electron chi connectivity index (χ4n) is 6.82. The molecule has 1 N–H and O–H groups in total. The Hall–Kier alpha value is -3.47. The van der Waals surface area contributed by atoms with Crippen LogP contribution in [0.15, 0.2) is 42.0 Å². The SMILES string of the molecule is COc1ccc2c(c1)C=C1Cn3c-2c(C2CCCCC2)c2ccc(cc23)C(=O)NS(=O)(=O)N(C)CCN(C)CCCC1=O. The molecule has 10 heteroatoms. The van der Waals surface area contributed by atoms with E-state index in [0.717, 1.165) is 63.5 Å². The Morgan fingerprint density at radius 3 is 2.49 bits per heavy atom. The van der Waals surface area contributed by atoms with E-state index >= 15 is 0 Å². The third kappa shape index (κ3) is 5.75. The molecule has 0 radical (unpaired) electrons. The van der Waals surface area contributed by atoms with Crippen molar-refractivity contribution >= 4 is 38.9 Å². The number of benzene rings is 2. The van der Waals surface area contributed by atoms with Gasteiger partial charge < -0.3 is 14.2 Å². The number of allylic oxidation sites excluding steroid dienone is 1. The molecule has 1 saturated carbocycles. The number of Topliss-reactive ketones (excluding diaryl/α,β-unsaturated/α-hetero) is 1. The van der Waals surface area contributed by atoms with Gasteiger partial charge >= 0.3 is 10.2 Å². The summed E-state index contributed by atoms with van der Waals surface area (Å²) in [6.07, 6.45) is 8.76. The highest BCUT2D eigenvalue weighted by molar-refractivity contribution is 7.87. The molecular formula is C33H40N4O5S. The van der Waals surface area contributed by atoms with Crippen molar-refractivity contribution in [2.75, 3.05) is 40.8 Å². The van der Waals surface area contributed by atoms with Gasteiger partial charge in [-0.15, -0.1) is 0 Å². The highest BCUT2D eigenvalue weighted by Crippen LogP contribution is 2.47. The Morgan fingerprint density at radius 2 is 1.72 bits per heavy atom. The minimum absolute atomic E-state index is 0.0917. The number of methoxy groups -OCH3 is 1. The molecule has 43 heavy (non-hydrogen) atoms. The highest BCUT2D eigenvalue weighted by atomic mass is 32.2. The number of likely N-dealkylation sites (N-methyl/N-ethyl adjacent to an activating group) is 2. The molecule has 3 heterocycles. The first-order valence-corrected chi connectivity index (χ1v) is 16.7. The average Bonchev–Trinajstić information content (AvgIpc) is 3.21. The normalized spacial score (nSPS) is 20.9. The van der Waals surface area contributed by atoms with Crippen LogP contribution in [0.5, 0.6) is 5.75 Å². The number of amides is 1. The molecule has 1 aromatic heterocycles. The molecule has 1 aliphatic carbocycles. The molecule has 0 spiro atoms. The van der Waals surface area contributed by atoms with E-state index in [1.807, 2.05) is 36.2 Å². The number of nitrogens with zero attached hydrogens (tertiary/aromatic N) is 3. The van der Waals surface area contributed by atoms with Crippen molar-refractivity contribution in [3.05, 3.63) is 58.7 Å². The van der Waals surface area contributed by atoms with Crippen molar-refractivity contribution in [3.8, 4) is 17.0 Å². The van der Waals surface area contributed by atoms with Gasteiger partial charge in [0, 0.05) is 54.2 Å². The lowest BCUT2D eigenvalue weighted by Crippen LogP contribution is -2.44. The number of rotatable bonds is 2. The van der Waals surface area contributed by atoms with Crippen molar-refractivity contribution in [2.24, 2.45) is 0 Å². The number of fused-ring (bicyclic) bond motifs is 4. The lowest BCUT2D eigenvalue weighted by molar-refractivity contribution is -0.115. The van der Waals surface area contributed by atoms with Gasteiger partial charge in [-0.2, -0.15) is 12.7 Å². The van der Waals surface area contributed by atoms with Gasteiger partial charge in [-0.25, -0.2) is 4.72 Å². The monoisotopic (exact) mass is 604 g/mol. The minimum Gasteiger partial charge on any atom is -0.497 e. The van der Waals surface area contributed by atoms with Crippen LogP contribution in [0.1, 0.15) is 72.3 Å². The lowest BCUT2D eigenvalue weighted by atomic mass is 9.81. The summed E-state index contributed by atoms with van der Waals surface area (Å²) in [4.78, 5) is 29.2. The molecule has 2 aromatic carbocycles. The van der Waals surface area contributed by atoms with Gasteiger partial charge in [0.25, 0.3) is 5.91 Å². The number of carbonyl (C=O) groups is 2. The Morgan fingerprint density at radius 1 is 0.930 bits per heavy atom. The molecule has 3 aliphatic rings. The van der Waals surface area contributed by atoms with Gasteiger partial charge in [-0.3, -0.25) is 9.59 Å². The number of carbonyl (C=O) groups excluding carboxylic acids is 2. The maximum Gasteiger partial charge on any atom is 0.303 e. The van der Waals surface area contributed by atoms with Crippen LogP contribution in [0.3, 0.4) is 0 Å². The van der Waals surface area contributed by atoms with Crippen LogP contribution in [0.4, 0.5) is 0 Å². The Labute approximate surface area is 253 Å². The Balaban J connectivity index is 1.59. The smallest absolute Gasteiger partial charge is 0.303 e. The summed E-state index contributed by atoms with van der Waals surface area (Å²) in [5.41, 5.74) is 6.10. The van der Waals surface area contributed by atoms with Crippen LogP contribution in [0.25, 0.3) is 28.2 Å². The molecule has 9 nitrogen and oxygen atoms in total. The summed E-state index contributed by atoms with van der Waals surface area (Å²) in [5.74, 6) is 0.495. The van der Waals surface area contributed by atoms with E-state index in [1.54, 1.807) is 19.2 Å². The van der Waals surface area contributed by atoms with Crippen molar-refractivity contribution in [1.29, 1.82) is 0 Å². The first-order chi connectivity index (χ1) is 20.7. The van der Waals surface area contributed by atoms with Crippen molar-refractivity contribution < 1.29 is 22.7 Å². The third-order valence-corrected chi connectivity index (χ3v) is 10.7. The predicted octanol–water partition coefficient (Wildman–Crippen LogP) is 4.96. The lowest BCUT2D eigenvalue weighted by Gasteiger charge is -2.24. The van der Waals surface area contributed by atoms with E-state index in [2.05, 4.69) is 15.4 Å². The van der Waals surface area contributed by atoms with Crippen LogP contribution in [0, 0.1) is 0 Å². The van der Waals surface area contributed by atoms with Gasteiger partial charge in [-0.1, -0.05) is 25.3 Å². The third-order valence-electron chi connectivity index (χ3n) is 9.28. The largest absolute Gasteiger partial charge is 0.497 e. The number of aromatic nitrogens is 1. The summed E-state index contributed by atoms with van der Waals surface area (Å²) in [5, 5.41) is 1.05. The summed E-state index contributed by atoms with van der Waals surface area (Å²) in [7, 11) is 0.988. The summed E-state index contributed by atoms with van der Waals surface area (Å²) in [6, 6.07) is 11.5. The van der Waals surface area contributed by atoms with Crippen LogP contribution in [0.2, 0.25) is 0 Å². The van der Waals surface area contributed by atoms with Crippen LogP contribution in [-0.4, -0.2) is 74.7 Å². The Bertz CT molecular complexity index is 1720. The van der Waals surface area contributed by atoms with Gasteiger partial charge in [-0.05, 0) is 86.3 Å². The standard InChI is InChI=1S/C33H40N4O5S/c1-35-15-7-10-30(38)25-18-24-19-26(42-3)12-14-27(24)32-31(22-8-5-4-6-9-22)28-13-11-23(20-29(28)37(32)21-25)33(39)34-43(40,41)36(2)17-16-35/h11-14,18-20,22H,4-10,15-17,21H2,1-3H3,(H,34,39). The first kappa shape index (κ1) is 29.6. The fraction of sp³-hybridized carbons (Fsp3) is 0.455. The zero-order valence-corrected chi connectivity index (χ0v) is 26.0. The number of hydrogen-bond acceptors (Lipinski definition) is 6. The van der Waals surface area contributed by atoms with Crippen LogP contribution < -0.4 is 9.46 Å². The maximum absolute atomic E-state index is 13.8. The van der Waals surface area contributed by atoms with Crippen molar-refractivity contribution in [3.63, 3.8) is 0 Å². The van der Waals surface area contributed by atoms with E-state index in [1.165, 1.54) is 19.0 Å². The molecule has 0 saturated heterocycles. The summed E-state index contributed by atoms with van der Waals surface area (Å²) < 4.78 is 37.3. The second kappa shape index (κ2) is 11.9. The number of ether oxygens (including phenoxy) is 1. The van der Waals surface area contributed by atoms with Gasteiger partial charge in [0.1, 0.15) is 5.75 Å². The predicted molar refractivity (Wildman–Crippen MR) is 168 cm³/mol. The number of ketones is 1. The van der Waals surface area contributed by atoms with Crippen molar-refractivity contribution in [1.82, 2.24) is 18.5 Å². The van der Waals surface area contributed by atoms with Gasteiger partial charge in [0.15, 0.2) is 5.78 Å². The van der Waals surface area contributed by atoms with E-state index < -0.39 is 16.1 Å².